The molecule has 2 aromatic rings. The molecular formula is C19H32N2Sn. The number of imidazole rings is 1. The van der Waals surface area contributed by atoms with Crippen molar-refractivity contribution in [1.82, 2.24) is 9.38 Å². The number of hydrogen-bond donors (Lipinski definition) is 0. The van der Waals surface area contributed by atoms with E-state index in [1.807, 2.05) is 6.20 Å². The summed E-state index contributed by atoms with van der Waals surface area (Å²) in [5.41, 5.74) is 1.14. The van der Waals surface area contributed by atoms with Crippen LogP contribution in [0.25, 0.3) is 5.65 Å². The summed E-state index contributed by atoms with van der Waals surface area (Å²) in [6, 6.07) is 6.83. The Morgan fingerprint density at radius 2 is 1.50 bits per heavy atom. The molecule has 0 bridgehead atoms. The van der Waals surface area contributed by atoms with Crippen LogP contribution in [0.2, 0.25) is 13.3 Å². The van der Waals surface area contributed by atoms with Gasteiger partial charge in [-0.2, -0.15) is 0 Å². The Kier molecular flexibility index (Phi) is 7.26. The summed E-state index contributed by atoms with van der Waals surface area (Å²) in [6.45, 7) is 7.02. The van der Waals surface area contributed by atoms with Gasteiger partial charge < -0.3 is 0 Å². The van der Waals surface area contributed by atoms with Crippen molar-refractivity contribution in [3.8, 4) is 0 Å². The predicted molar refractivity (Wildman–Crippen MR) is 99.7 cm³/mol. The average Bonchev–Trinajstić information content (AvgIpc) is 3.03. The number of fused-ring (bicyclic) bond motifs is 1. The second-order valence-corrected chi connectivity index (χ2v) is 19.7. The van der Waals surface area contributed by atoms with Crippen LogP contribution < -0.4 is 3.71 Å². The van der Waals surface area contributed by atoms with E-state index < -0.39 is 18.4 Å². The molecule has 2 nitrogen and oxygen atoms in total. The van der Waals surface area contributed by atoms with Crippen LogP contribution in [0.5, 0.6) is 0 Å². The van der Waals surface area contributed by atoms with Crippen LogP contribution in [-0.2, 0) is 0 Å². The molecule has 2 aromatic heterocycles. The van der Waals surface area contributed by atoms with E-state index in [9.17, 15) is 0 Å². The van der Waals surface area contributed by atoms with Crippen LogP contribution in [-0.4, -0.2) is 27.8 Å². The topological polar surface area (TPSA) is 17.3 Å². The summed E-state index contributed by atoms with van der Waals surface area (Å²) >= 11 is -2.34. The zero-order valence-corrected chi connectivity index (χ0v) is 17.5. The molecule has 22 heavy (non-hydrogen) atoms. The van der Waals surface area contributed by atoms with Gasteiger partial charge in [-0.3, -0.25) is 0 Å². The molecule has 0 saturated heterocycles. The van der Waals surface area contributed by atoms with Crippen molar-refractivity contribution in [3.63, 3.8) is 0 Å². The monoisotopic (exact) mass is 408 g/mol. The van der Waals surface area contributed by atoms with Crippen LogP contribution in [0, 0.1) is 0 Å². The van der Waals surface area contributed by atoms with Gasteiger partial charge in [0.25, 0.3) is 0 Å². The van der Waals surface area contributed by atoms with E-state index in [0.29, 0.717) is 0 Å². The second kappa shape index (κ2) is 8.95. The minimum absolute atomic E-state index is 1.14. The van der Waals surface area contributed by atoms with E-state index in [4.69, 9.17) is 0 Å². The zero-order valence-electron chi connectivity index (χ0n) is 14.6. The molecule has 0 unspecified atom stereocenters. The molecule has 0 aliphatic rings. The summed E-state index contributed by atoms with van der Waals surface area (Å²) < 4.78 is 8.67. The van der Waals surface area contributed by atoms with Crippen LogP contribution in [0.1, 0.15) is 59.3 Å². The van der Waals surface area contributed by atoms with Gasteiger partial charge in [0.1, 0.15) is 0 Å². The second-order valence-electron chi connectivity index (χ2n) is 6.66. The van der Waals surface area contributed by atoms with E-state index in [2.05, 4.69) is 54.6 Å². The summed E-state index contributed by atoms with van der Waals surface area (Å²) in [4.78, 5) is 4.53. The van der Waals surface area contributed by atoms with Crippen LogP contribution >= 0.6 is 0 Å². The fourth-order valence-corrected chi connectivity index (χ4v) is 20.1. The molecule has 0 radical (unpaired) electrons. The van der Waals surface area contributed by atoms with Crippen LogP contribution in [0.4, 0.5) is 0 Å². The van der Waals surface area contributed by atoms with Crippen LogP contribution in [0.15, 0.2) is 30.6 Å². The first kappa shape index (κ1) is 17.8. The first-order valence-corrected chi connectivity index (χ1v) is 16.7. The first-order chi connectivity index (χ1) is 10.8. The van der Waals surface area contributed by atoms with E-state index in [-0.39, 0.29) is 0 Å². The molecular weight excluding hydrogens is 375 g/mol. The standard InChI is InChI=1S/C7H5N2.3C4H9.Sn/c1-2-5-9-6-4-8-7(9)3-1;3*1-3-4-2;/h1-4,6H;3*1,3-4H2,2H3;. The third kappa shape index (κ3) is 4.06. The number of rotatable bonds is 10. The van der Waals surface area contributed by atoms with Gasteiger partial charge in [0.05, 0.1) is 0 Å². The van der Waals surface area contributed by atoms with Gasteiger partial charge in [-0.25, -0.2) is 0 Å². The quantitative estimate of drug-likeness (QED) is 0.483. The Morgan fingerprint density at radius 3 is 2.05 bits per heavy atom. The number of unbranched alkanes of at least 4 members (excludes halogenated alkanes) is 3. The Balaban J connectivity index is 2.45. The van der Waals surface area contributed by atoms with Crippen LogP contribution in [0.3, 0.4) is 0 Å². The average molecular weight is 407 g/mol. The molecule has 0 spiro atoms. The Bertz CT molecular complexity index is 540. The SMILES string of the molecule is CCC[CH2][Sn]([CH2]CCC)([CH2]CCC)[c]1cccc2nccn12. The van der Waals surface area contributed by atoms with Gasteiger partial charge in [0.2, 0.25) is 0 Å². The molecule has 2 heterocycles. The molecule has 0 amide bonds. The van der Waals surface area contributed by atoms with E-state index >= 15 is 0 Å². The molecule has 0 aliphatic carbocycles. The number of hydrogen-bond acceptors (Lipinski definition) is 1. The molecule has 0 atom stereocenters. The molecule has 2 rings (SSSR count). The molecule has 3 heteroatoms. The summed E-state index contributed by atoms with van der Waals surface area (Å²) in [7, 11) is 0. The maximum absolute atomic E-state index is 4.53. The van der Waals surface area contributed by atoms with Crippen molar-refractivity contribution in [1.29, 1.82) is 0 Å². The molecule has 0 aromatic carbocycles. The maximum atomic E-state index is 4.53. The Hall–Kier alpha value is -0.511. The molecule has 0 fully saturated rings. The van der Waals surface area contributed by atoms with Gasteiger partial charge in [0, 0.05) is 0 Å². The van der Waals surface area contributed by atoms with Crippen molar-refractivity contribution < 1.29 is 0 Å². The molecule has 0 aliphatic heterocycles. The molecule has 0 N–H and O–H groups in total. The zero-order chi connectivity index (χ0) is 15.8. The number of nitrogens with zero attached hydrogens (tertiary/aromatic N) is 2. The van der Waals surface area contributed by atoms with E-state index in [1.54, 1.807) is 3.71 Å². The fourth-order valence-electron chi connectivity index (χ4n) is 3.68. The van der Waals surface area contributed by atoms with Crippen molar-refractivity contribution in [2.75, 3.05) is 0 Å². The molecule has 122 valence electrons. The summed E-state index contributed by atoms with van der Waals surface area (Å²) in [6.07, 6.45) is 12.4. The van der Waals surface area contributed by atoms with Gasteiger partial charge in [0.15, 0.2) is 0 Å². The third-order valence-electron chi connectivity index (χ3n) is 5.00. The number of aromatic nitrogens is 2. The van der Waals surface area contributed by atoms with Gasteiger partial charge in [-0.05, 0) is 0 Å². The van der Waals surface area contributed by atoms with E-state index in [1.165, 1.54) is 51.8 Å². The Morgan fingerprint density at radius 1 is 0.909 bits per heavy atom. The van der Waals surface area contributed by atoms with Gasteiger partial charge in [-0.15, -0.1) is 0 Å². The fraction of sp³-hybridized carbons (Fsp3) is 0.632. The number of pyridine rings is 1. The minimum atomic E-state index is -2.34. The predicted octanol–water partition coefficient (Wildman–Crippen LogP) is 5.39. The summed E-state index contributed by atoms with van der Waals surface area (Å²) in [5.74, 6) is 0. The third-order valence-corrected chi connectivity index (χ3v) is 20.5. The Labute approximate surface area is 140 Å². The van der Waals surface area contributed by atoms with Crippen molar-refractivity contribution in [2.24, 2.45) is 0 Å². The summed E-state index contributed by atoms with van der Waals surface area (Å²) in [5, 5.41) is 0. The van der Waals surface area contributed by atoms with Gasteiger partial charge >= 0.3 is 140 Å². The van der Waals surface area contributed by atoms with Gasteiger partial charge in [-0.1, -0.05) is 0 Å². The van der Waals surface area contributed by atoms with Crippen molar-refractivity contribution >= 4 is 27.7 Å². The van der Waals surface area contributed by atoms with Crippen molar-refractivity contribution in [2.45, 2.75) is 72.6 Å². The van der Waals surface area contributed by atoms with Crippen molar-refractivity contribution in [3.05, 3.63) is 30.6 Å². The first-order valence-electron chi connectivity index (χ1n) is 9.20. The molecule has 0 saturated carbocycles. The van der Waals surface area contributed by atoms with E-state index in [0.717, 1.165) is 5.65 Å². The normalized spacial score (nSPS) is 12.1.